The summed E-state index contributed by atoms with van der Waals surface area (Å²) >= 11 is 0. The van der Waals surface area contributed by atoms with Gasteiger partial charge in [-0.3, -0.25) is 18.9 Å². The van der Waals surface area contributed by atoms with Gasteiger partial charge in [0.05, 0.1) is 13.2 Å². The molecule has 4 N–H and O–H groups in total. The van der Waals surface area contributed by atoms with Gasteiger partial charge < -0.3 is 24.4 Å². The second kappa shape index (κ2) is 6.45. The Labute approximate surface area is 124 Å². The van der Waals surface area contributed by atoms with Crippen LogP contribution in [0.5, 0.6) is 0 Å². The van der Waals surface area contributed by atoms with Crippen LogP contribution in [0.3, 0.4) is 0 Å². The average Bonchev–Trinajstić information content (AvgIpc) is 2.76. The summed E-state index contributed by atoms with van der Waals surface area (Å²) in [7, 11) is -4.27. The van der Waals surface area contributed by atoms with E-state index in [9.17, 15) is 29.3 Å². The Bertz CT molecular complexity index is 685. The summed E-state index contributed by atoms with van der Waals surface area (Å²) in [5, 5.41) is 19.6. The van der Waals surface area contributed by atoms with E-state index in [-0.39, 0.29) is 6.61 Å². The quantitative estimate of drug-likeness (QED) is 0.468. The van der Waals surface area contributed by atoms with Crippen LogP contribution in [0.15, 0.2) is 21.9 Å². The van der Waals surface area contributed by atoms with Crippen LogP contribution in [0.2, 0.25) is 0 Å². The molecule has 1 aromatic heterocycles. The zero-order valence-electron chi connectivity index (χ0n) is 11.7. The van der Waals surface area contributed by atoms with Gasteiger partial charge in [0, 0.05) is 12.3 Å². The van der Waals surface area contributed by atoms with Crippen LogP contribution >= 0.6 is 7.60 Å². The number of aromatic nitrogens is 2. The van der Waals surface area contributed by atoms with Crippen LogP contribution in [0.1, 0.15) is 13.2 Å². The first-order chi connectivity index (χ1) is 10.3. The van der Waals surface area contributed by atoms with Crippen LogP contribution in [-0.4, -0.2) is 55.7 Å². The first-order valence-electron chi connectivity index (χ1n) is 6.54. The summed E-state index contributed by atoms with van der Waals surface area (Å²) < 4.78 is 23.1. The van der Waals surface area contributed by atoms with Gasteiger partial charge >= 0.3 is 13.3 Å². The summed E-state index contributed by atoms with van der Waals surface area (Å²) in [5.74, 6) is 0. The number of aliphatic hydroxyl groups excluding tert-OH is 2. The fraction of sp³-hybridized carbons (Fsp3) is 0.636. The van der Waals surface area contributed by atoms with Crippen molar-refractivity contribution < 1.29 is 28.9 Å². The number of ether oxygens (including phenoxy) is 1. The molecule has 0 aromatic carbocycles. The minimum absolute atomic E-state index is 0.0710. The zero-order valence-corrected chi connectivity index (χ0v) is 12.6. The molecule has 1 saturated heterocycles. The first kappa shape index (κ1) is 17.1. The molecule has 11 heteroatoms. The number of hydrogen-bond acceptors (Lipinski definition) is 7. The van der Waals surface area contributed by atoms with Crippen molar-refractivity contribution in [2.75, 3.05) is 13.2 Å². The second-order valence-corrected chi connectivity index (χ2v) is 6.71. The van der Waals surface area contributed by atoms with Gasteiger partial charge in [-0.2, -0.15) is 0 Å². The molecule has 2 rings (SSSR count). The number of rotatable bonds is 5. The number of hydrogen-bond donors (Lipinski definition) is 4. The third kappa shape index (κ3) is 3.07. The predicted octanol–water partition coefficient (Wildman–Crippen LogP) is -1.62. The normalized spacial score (nSPS) is 31.1. The van der Waals surface area contributed by atoms with Crippen molar-refractivity contribution in [3.63, 3.8) is 0 Å². The summed E-state index contributed by atoms with van der Waals surface area (Å²) in [6.07, 6.45) is -3.01. The topological polar surface area (TPSA) is 151 Å². The van der Waals surface area contributed by atoms with Crippen LogP contribution < -0.4 is 11.2 Å². The molecule has 0 radical (unpaired) electrons. The molecule has 10 nitrogen and oxygen atoms in total. The molecule has 2 heterocycles. The third-order valence-corrected chi connectivity index (χ3v) is 5.35. The SMILES string of the molecule is CCOP(=O)(O)[C@H]1[C@@H](O)[C@H](n2ccc(=O)[nH]c2=O)O[C@@H]1CO. The lowest BCUT2D eigenvalue weighted by Gasteiger charge is -2.23. The Morgan fingerprint density at radius 3 is 2.73 bits per heavy atom. The number of nitrogens with zero attached hydrogens (tertiary/aromatic N) is 1. The number of nitrogens with one attached hydrogen (secondary N) is 1. The van der Waals surface area contributed by atoms with Crippen LogP contribution in [0, 0.1) is 0 Å². The van der Waals surface area contributed by atoms with E-state index >= 15 is 0 Å². The maximum atomic E-state index is 12.1. The molecule has 0 aliphatic carbocycles. The molecule has 22 heavy (non-hydrogen) atoms. The molecule has 5 atom stereocenters. The Hall–Kier alpha value is -1.29. The maximum Gasteiger partial charge on any atom is 0.336 e. The highest BCUT2D eigenvalue weighted by atomic mass is 31.2. The van der Waals surface area contributed by atoms with E-state index < -0.39 is 49.5 Å². The van der Waals surface area contributed by atoms with Gasteiger partial charge in [0.1, 0.15) is 17.9 Å². The fourth-order valence-electron chi connectivity index (χ4n) is 2.41. The lowest BCUT2D eigenvalue weighted by Crippen LogP contribution is -2.38. The van der Waals surface area contributed by atoms with E-state index in [0.29, 0.717) is 0 Å². The van der Waals surface area contributed by atoms with Gasteiger partial charge in [-0.05, 0) is 6.92 Å². The lowest BCUT2D eigenvalue weighted by molar-refractivity contribution is -0.0530. The van der Waals surface area contributed by atoms with Gasteiger partial charge in [0.15, 0.2) is 6.23 Å². The summed E-state index contributed by atoms with van der Waals surface area (Å²) in [5.41, 5.74) is -2.90. The van der Waals surface area contributed by atoms with Crippen molar-refractivity contribution in [1.29, 1.82) is 0 Å². The summed E-state index contributed by atoms with van der Waals surface area (Å²) in [4.78, 5) is 34.7. The number of aromatic amines is 1. The second-order valence-electron chi connectivity index (χ2n) is 4.73. The molecule has 124 valence electrons. The molecule has 1 unspecified atom stereocenters. The molecule has 1 aromatic rings. The van der Waals surface area contributed by atoms with Crippen molar-refractivity contribution >= 4 is 7.60 Å². The first-order valence-corrected chi connectivity index (χ1v) is 8.19. The lowest BCUT2D eigenvalue weighted by atomic mass is 10.2. The Morgan fingerprint density at radius 1 is 1.50 bits per heavy atom. The van der Waals surface area contributed by atoms with Crippen molar-refractivity contribution in [2.24, 2.45) is 0 Å². The Morgan fingerprint density at radius 2 is 2.18 bits per heavy atom. The van der Waals surface area contributed by atoms with Gasteiger partial charge in [0.25, 0.3) is 5.56 Å². The molecular formula is C11H17N2O8P. The molecule has 0 saturated carbocycles. The van der Waals surface area contributed by atoms with Crippen molar-refractivity contribution in [3.05, 3.63) is 33.1 Å². The fourth-order valence-corrected chi connectivity index (χ4v) is 4.07. The molecule has 0 bridgehead atoms. The molecule has 1 aliphatic heterocycles. The van der Waals surface area contributed by atoms with Gasteiger partial charge in [-0.25, -0.2) is 4.79 Å². The molecule has 0 amide bonds. The van der Waals surface area contributed by atoms with E-state index in [0.717, 1.165) is 16.8 Å². The highest BCUT2D eigenvalue weighted by molar-refractivity contribution is 7.53. The highest BCUT2D eigenvalue weighted by Crippen LogP contribution is 2.55. The third-order valence-electron chi connectivity index (χ3n) is 3.33. The predicted molar refractivity (Wildman–Crippen MR) is 73.6 cm³/mol. The average molecular weight is 336 g/mol. The Balaban J connectivity index is 2.39. The summed E-state index contributed by atoms with van der Waals surface area (Å²) in [6, 6.07) is 1.04. The van der Waals surface area contributed by atoms with E-state index in [2.05, 4.69) is 0 Å². The minimum atomic E-state index is -4.27. The van der Waals surface area contributed by atoms with Gasteiger partial charge in [-0.15, -0.1) is 0 Å². The van der Waals surface area contributed by atoms with Crippen LogP contribution in [0.4, 0.5) is 0 Å². The monoisotopic (exact) mass is 336 g/mol. The summed E-state index contributed by atoms with van der Waals surface area (Å²) in [6.45, 7) is 0.787. The highest BCUT2D eigenvalue weighted by Gasteiger charge is 2.54. The maximum absolute atomic E-state index is 12.1. The largest absolute Gasteiger partial charge is 0.394 e. The van der Waals surface area contributed by atoms with Crippen LogP contribution in [0.25, 0.3) is 0 Å². The van der Waals surface area contributed by atoms with Crippen molar-refractivity contribution in [2.45, 2.75) is 31.0 Å². The Kier molecular flexibility index (Phi) is 5.00. The molecule has 0 spiro atoms. The van der Waals surface area contributed by atoms with Gasteiger partial charge in [0.2, 0.25) is 0 Å². The smallest absolute Gasteiger partial charge is 0.336 e. The molecular weight excluding hydrogens is 319 g/mol. The van der Waals surface area contributed by atoms with E-state index in [4.69, 9.17) is 9.26 Å². The number of aliphatic hydroxyl groups is 2. The standard InChI is InChI=1S/C11H17N2O8P/c1-2-20-22(18,19)9-6(5-14)21-10(8(9)16)13-4-3-7(15)12-11(13)17/h3-4,6,8-10,14,16H,2,5H2,1H3,(H,18,19)(H,12,15,17)/t6-,8-,9-,10-/m1/s1. The van der Waals surface area contributed by atoms with E-state index in [1.807, 2.05) is 4.98 Å². The molecule has 1 fully saturated rings. The van der Waals surface area contributed by atoms with Gasteiger partial charge in [-0.1, -0.05) is 0 Å². The van der Waals surface area contributed by atoms with Crippen molar-refractivity contribution in [1.82, 2.24) is 9.55 Å². The minimum Gasteiger partial charge on any atom is -0.394 e. The van der Waals surface area contributed by atoms with Crippen molar-refractivity contribution in [3.8, 4) is 0 Å². The van der Waals surface area contributed by atoms with Crippen LogP contribution in [-0.2, 0) is 13.8 Å². The molecule has 1 aliphatic rings. The van der Waals surface area contributed by atoms with E-state index in [1.165, 1.54) is 6.92 Å². The zero-order chi connectivity index (χ0) is 16.5. The van der Waals surface area contributed by atoms with E-state index in [1.54, 1.807) is 0 Å². The number of H-pyrrole nitrogens is 1.